The van der Waals surface area contributed by atoms with E-state index in [1.165, 1.54) is 17.4 Å². The van der Waals surface area contributed by atoms with E-state index >= 15 is 0 Å². The topological polar surface area (TPSA) is 90.0 Å². The van der Waals surface area contributed by atoms with Gasteiger partial charge in [-0.1, -0.05) is 6.07 Å². The summed E-state index contributed by atoms with van der Waals surface area (Å²) in [5, 5.41) is 5.10. The molecule has 0 spiro atoms. The maximum absolute atomic E-state index is 12.4. The Morgan fingerprint density at radius 2 is 1.97 bits per heavy atom. The first-order valence-corrected chi connectivity index (χ1v) is 11.0. The smallest absolute Gasteiger partial charge is 0.267 e. The van der Waals surface area contributed by atoms with Crippen molar-refractivity contribution >= 4 is 40.0 Å². The van der Waals surface area contributed by atoms with Gasteiger partial charge in [0.2, 0.25) is 5.91 Å². The van der Waals surface area contributed by atoms with E-state index in [-0.39, 0.29) is 11.8 Å². The molecule has 0 aliphatic carbocycles. The first-order chi connectivity index (χ1) is 15.9. The zero-order valence-corrected chi connectivity index (χ0v) is 19.4. The van der Waals surface area contributed by atoms with Crippen molar-refractivity contribution in [3.63, 3.8) is 0 Å². The number of ether oxygens (including phenoxy) is 3. The number of nitrogens with one attached hydrogen (secondary N) is 1. The average Bonchev–Trinajstić information content (AvgIpc) is 3.29. The molecule has 2 aromatic carbocycles. The van der Waals surface area contributed by atoms with E-state index in [0.717, 1.165) is 11.1 Å². The highest BCUT2D eigenvalue weighted by Gasteiger charge is 2.29. The lowest BCUT2D eigenvalue weighted by Crippen LogP contribution is -2.41. The summed E-state index contributed by atoms with van der Waals surface area (Å²) in [6.45, 7) is 1.73. The molecule has 2 amide bonds. The Hall–Kier alpha value is -3.85. The Balaban J connectivity index is 1.46. The quantitative estimate of drug-likeness (QED) is 0.548. The third-order valence-corrected chi connectivity index (χ3v) is 5.92. The molecule has 1 unspecified atom stereocenters. The van der Waals surface area contributed by atoms with E-state index in [0.29, 0.717) is 33.8 Å². The van der Waals surface area contributed by atoms with Crippen LogP contribution in [0.2, 0.25) is 0 Å². The molecule has 8 nitrogen and oxygen atoms in total. The third-order valence-electron chi connectivity index (χ3n) is 5.17. The zero-order valence-electron chi connectivity index (χ0n) is 18.6. The molecule has 0 fully saturated rings. The number of thiazole rings is 1. The minimum atomic E-state index is -0.513. The van der Waals surface area contributed by atoms with Gasteiger partial charge in [0.25, 0.3) is 5.91 Å². The molecule has 1 atom stereocenters. The maximum atomic E-state index is 12.4. The Bertz CT molecular complexity index is 1240. The molecule has 3 aromatic rings. The number of amides is 2. The van der Waals surface area contributed by atoms with Crippen LogP contribution in [-0.4, -0.2) is 44.2 Å². The van der Waals surface area contributed by atoms with Crippen LogP contribution in [0.3, 0.4) is 0 Å². The van der Waals surface area contributed by atoms with Crippen molar-refractivity contribution in [3.05, 3.63) is 53.4 Å². The van der Waals surface area contributed by atoms with Gasteiger partial charge in [-0.15, -0.1) is 11.3 Å². The fraction of sp³-hybridized carbons (Fsp3) is 0.208. The summed E-state index contributed by atoms with van der Waals surface area (Å²) < 4.78 is 16.2. The number of hydrogen-bond acceptors (Lipinski definition) is 7. The van der Waals surface area contributed by atoms with Gasteiger partial charge >= 0.3 is 0 Å². The molecule has 170 valence electrons. The van der Waals surface area contributed by atoms with E-state index in [4.69, 9.17) is 14.2 Å². The SMILES string of the molecule is COc1ccc(/C=C/C(=O)Nc2nc(-c3ccc4c(c3)N(C)C(=O)C(C)O4)cs2)cc1OC. The normalized spacial score (nSPS) is 15.2. The number of rotatable bonds is 6. The van der Waals surface area contributed by atoms with Crippen molar-refractivity contribution in [2.75, 3.05) is 31.5 Å². The van der Waals surface area contributed by atoms with Gasteiger partial charge in [0, 0.05) is 24.1 Å². The van der Waals surface area contributed by atoms with Crippen LogP contribution < -0.4 is 24.4 Å². The monoisotopic (exact) mass is 465 g/mol. The Labute approximate surface area is 195 Å². The molecule has 0 bridgehead atoms. The first kappa shape index (κ1) is 22.3. The van der Waals surface area contributed by atoms with E-state index in [1.54, 1.807) is 51.3 Å². The highest BCUT2D eigenvalue weighted by atomic mass is 32.1. The summed E-state index contributed by atoms with van der Waals surface area (Å²) in [4.78, 5) is 30.7. The van der Waals surface area contributed by atoms with Crippen molar-refractivity contribution in [2.24, 2.45) is 0 Å². The van der Waals surface area contributed by atoms with Crippen molar-refractivity contribution in [3.8, 4) is 28.5 Å². The molecule has 0 saturated heterocycles. The Morgan fingerprint density at radius 1 is 1.18 bits per heavy atom. The predicted octanol–water partition coefficient (Wildman–Crippen LogP) is 4.22. The lowest BCUT2D eigenvalue weighted by atomic mass is 10.1. The fourth-order valence-corrected chi connectivity index (χ4v) is 4.13. The van der Waals surface area contributed by atoms with Crippen LogP contribution in [-0.2, 0) is 9.59 Å². The number of carbonyl (C=O) groups is 2. The largest absolute Gasteiger partial charge is 0.493 e. The summed E-state index contributed by atoms with van der Waals surface area (Å²) in [5.74, 6) is 1.45. The van der Waals surface area contributed by atoms with Gasteiger partial charge in [-0.05, 0) is 48.9 Å². The molecule has 1 aromatic heterocycles. The van der Waals surface area contributed by atoms with Crippen LogP contribution in [0.5, 0.6) is 17.2 Å². The first-order valence-electron chi connectivity index (χ1n) is 10.1. The van der Waals surface area contributed by atoms with Crippen LogP contribution in [0.4, 0.5) is 10.8 Å². The predicted molar refractivity (Wildman–Crippen MR) is 128 cm³/mol. The average molecular weight is 466 g/mol. The number of fused-ring (bicyclic) bond motifs is 1. The number of aromatic nitrogens is 1. The van der Waals surface area contributed by atoms with Crippen molar-refractivity contribution < 1.29 is 23.8 Å². The van der Waals surface area contributed by atoms with E-state index in [2.05, 4.69) is 10.3 Å². The van der Waals surface area contributed by atoms with Gasteiger partial charge in [-0.3, -0.25) is 14.9 Å². The molecule has 0 radical (unpaired) electrons. The zero-order chi connectivity index (χ0) is 23.5. The molecular formula is C24H23N3O5S. The highest BCUT2D eigenvalue weighted by molar-refractivity contribution is 7.14. The van der Waals surface area contributed by atoms with Crippen molar-refractivity contribution in [1.82, 2.24) is 4.98 Å². The number of nitrogens with zero attached hydrogens (tertiary/aromatic N) is 2. The van der Waals surface area contributed by atoms with Crippen LogP contribution in [0, 0.1) is 0 Å². The summed E-state index contributed by atoms with van der Waals surface area (Å²) in [6.07, 6.45) is 2.60. The van der Waals surface area contributed by atoms with Crippen LogP contribution in [0.1, 0.15) is 12.5 Å². The Kier molecular flexibility index (Phi) is 6.32. The van der Waals surface area contributed by atoms with E-state index in [9.17, 15) is 9.59 Å². The number of benzene rings is 2. The highest BCUT2D eigenvalue weighted by Crippen LogP contribution is 2.37. The molecule has 9 heteroatoms. The van der Waals surface area contributed by atoms with E-state index < -0.39 is 6.10 Å². The molecule has 33 heavy (non-hydrogen) atoms. The van der Waals surface area contributed by atoms with Crippen LogP contribution >= 0.6 is 11.3 Å². The molecular weight excluding hydrogens is 442 g/mol. The van der Waals surface area contributed by atoms with Gasteiger partial charge in [0.15, 0.2) is 22.7 Å². The van der Waals surface area contributed by atoms with Crippen LogP contribution in [0.15, 0.2) is 47.9 Å². The van der Waals surface area contributed by atoms with Gasteiger partial charge in [0.1, 0.15) is 5.75 Å². The second kappa shape index (κ2) is 9.33. The number of carbonyl (C=O) groups excluding carboxylic acids is 2. The Morgan fingerprint density at radius 3 is 2.73 bits per heavy atom. The molecule has 1 N–H and O–H groups in total. The van der Waals surface area contributed by atoms with Gasteiger partial charge < -0.3 is 19.1 Å². The minimum absolute atomic E-state index is 0.104. The van der Waals surface area contributed by atoms with Gasteiger partial charge in [0.05, 0.1) is 25.6 Å². The van der Waals surface area contributed by atoms with Gasteiger partial charge in [-0.2, -0.15) is 0 Å². The molecule has 2 heterocycles. The third kappa shape index (κ3) is 4.68. The molecule has 1 aliphatic heterocycles. The summed E-state index contributed by atoms with van der Waals surface area (Å²) in [7, 11) is 4.85. The second-order valence-electron chi connectivity index (χ2n) is 7.31. The summed E-state index contributed by atoms with van der Waals surface area (Å²) >= 11 is 1.32. The standard InChI is InChI=1S/C24H23N3O5S/c1-14-23(29)27(2)18-12-16(7-9-19(18)32-14)17-13-33-24(25-17)26-22(28)10-6-15-5-8-20(30-3)21(11-15)31-4/h5-14H,1-4H3,(H,25,26,28)/b10-6+. The van der Waals surface area contributed by atoms with E-state index in [1.807, 2.05) is 29.6 Å². The van der Waals surface area contributed by atoms with Crippen LogP contribution in [0.25, 0.3) is 17.3 Å². The second-order valence-corrected chi connectivity index (χ2v) is 8.17. The van der Waals surface area contributed by atoms with Gasteiger partial charge in [-0.25, -0.2) is 4.98 Å². The minimum Gasteiger partial charge on any atom is -0.493 e. The van der Waals surface area contributed by atoms with Crippen molar-refractivity contribution in [2.45, 2.75) is 13.0 Å². The molecule has 4 rings (SSSR count). The lowest BCUT2D eigenvalue weighted by molar-refractivity contribution is -0.125. The number of methoxy groups -OCH3 is 2. The fourth-order valence-electron chi connectivity index (χ4n) is 3.41. The van der Waals surface area contributed by atoms with Crippen molar-refractivity contribution in [1.29, 1.82) is 0 Å². The summed E-state index contributed by atoms with van der Waals surface area (Å²) in [5.41, 5.74) is 3.00. The number of anilines is 2. The molecule has 1 aliphatic rings. The summed E-state index contributed by atoms with van der Waals surface area (Å²) in [6, 6.07) is 11.0. The maximum Gasteiger partial charge on any atom is 0.267 e. The number of likely N-dealkylation sites (N-methyl/N-ethyl adjacent to an activating group) is 1. The number of hydrogen-bond donors (Lipinski definition) is 1. The molecule has 0 saturated carbocycles. The lowest BCUT2D eigenvalue weighted by Gasteiger charge is -2.30.